The van der Waals surface area contributed by atoms with Gasteiger partial charge < -0.3 is 9.88 Å². The molecular weight excluding hydrogens is 312 g/mol. The van der Waals surface area contributed by atoms with Crippen LogP contribution in [0.4, 0.5) is 11.4 Å². The van der Waals surface area contributed by atoms with Gasteiger partial charge in [-0.25, -0.2) is 0 Å². The van der Waals surface area contributed by atoms with Crippen LogP contribution in [-0.4, -0.2) is 15.4 Å². The fourth-order valence-electron chi connectivity index (χ4n) is 2.23. The van der Waals surface area contributed by atoms with E-state index in [9.17, 15) is 19.7 Å². The Bertz CT molecular complexity index is 925. The lowest BCUT2D eigenvalue weighted by atomic mass is 10.1. The van der Waals surface area contributed by atoms with Crippen molar-refractivity contribution in [1.29, 1.82) is 5.26 Å². The van der Waals surface area contributed by atoms with Crippen LogP contribution in [0.2, 0.25) is 0 Å². The van der Waals surface area contributed by atoms with E-state index in [2.05, 4.69) is 5.32 Å². The summed E-state index contributed by atoms with van der Waals surface area (Å²) in [5.41, 5.74) is 0.310. The Morgan fingerprint density at radius 1 is 1.33 bits per heavy atom. The smallest absolute Gasteiger partial charge is 0.293 e. The van der Waals surface area contributed by atoms with Gasteiger partial charge in [-0.1, -0.05) is 12.1 Å². The Morgan fingerprint density at radius 3 is 2.67 bits per heavy atom. The zero-order valence-corrected chi connectivity index (χ0v) is 13.1. The van der Waals surface area contributed by atoms with Crippen molar-refractivity contribution in [2.24, 2.45) is 0 Å². The van der Waals surface area contributed by atoms with E-state index >= 15 is 0 Å². The van der Waals surface area contributed by atoms with Crippen molar-refractivity contribution in [3.05, 3.63) is 67.6 Å². The van der Waals surface area contributed by atoms with Crippen molar-refractivity contribution in [3.8, 4) is 6.07 Å². The molecule has 0 unspecified atom stereocenters. The SMILES string of the molecule is Cc1cccc([N+](=O)[O-])c1NC(=O)Cn1ccc(C)c(C#N)c1=O. The van der Waals surface area contributed by atoms with Crippen LogP contribution in [0.15, 0.2) is 35.3 Å². The number of anilines is 1. The van der Waals surface area contributed by atoms with Crippen molar-refractivity contribution in [3.63, 3.8) is 0 Å². The number of nitrogens with zero attached hydrogens (tertiary/aromatic N) is 3. The van der Waals surface area contributed by atoms with Crippen LogP contribution < -0.4 is 10.9 Å². The maximum Gasteiger partial charge on any atom is 0.293 e. The summed E-state index contributed by atoms with van der Waals surface area (Å²) >= 11 is 0. The van der Waals surface area contributed by atoms with Crippen molar-refractivity contribution in [2.45, 2.75) is 20.4 Å². The second-order valence-corrected chi connectivity index (χ2v) is 5.19. The van der Waals surface area contributed by atoms with Crippen molar-refractivity contribution < 1.29 is 9.72 Å². The third-order valence-corrected chi connectivity index (χ3v) is 3.51. The summed E-state index contributed by atoms with van der Waals surface area (Å²) in [5.74, 6) is -0.595. The van der Waals surface area contributed by atoms with Gasteiger partial charge in [0.1, 0.15) is 23.9 Å². The zero-order chi connectivity index (χ0) is 17.9. The van der Waals surface area contributed by atoms with Crippen molar-refractivity contribution in [1.82, 2.24) is 4.57 Å². The minimum absolute atomic E-state index is 0.0350. The molecule has 0 fully saturated rings. The van der Waals surface area contributed by atoms with Gasteiger partial charge in [0.05, 0.1) is 4.92 Å². The zero-order valence-electron chi connectivity index (χ0n) is 13.1. The monoisotopic (exact) mass is 326 g/mol. The normalized spacial score (nSPS) is 10.0. The predicted molar refractivity (Wildman–Crippen MR) is 86.6 cm³/mol. The Labute approximate surface area is 137 Å². The maximum atomic E-state index is 12.2. The molecule has 0 saturated heterocycles. The highest BCUT2D eigenvalue weighted by Gasteiger charge is 2.18. The molecule has 122 valence electrons. The number of rotatable bonds is 4. The van der Waals surface area contributed by atoms with Gasteiger partial charge in [-0.15, -0.1) is 0 Å². The van der Waals surface area contributed by atoms with E-state index in [0.29, 0.717) is 11.1 Å². The Morgan fingerprint density at radius 2 is 2.04 bits per heavy atom. The van der Waals surface area contributed by atoms with Crippen LogP contribution in [0.3, 0.4) is 0 Å². The lowest BCUT2D eigenvalue weighted by molar-refractivity contribution is -0.384. The lowest BCUT2D eigenvalue weighted by Crippen LogP contribution is -2.29. The summed E-state index contributed by atoms with van der Waals surface area (Å²) in [5, 5.41) is 22.5. The third-order valence-electron chi connectivity index (χ3n) is 3.51. The number of aryl methyl sites for hydroxylation is 2. The average Bonchev–Trinajstić information content (AvgIpc) is 2.52. The van der Waals surface area contributed by atoms with Crippen LogP contribution >= 0.6 is 0 Å². The summed E-state index contributed by atoms with van der Waals surface area (Å²) < 4.78 is 1.09. The summed E-state index contributed by atoms with van der Waals surface area (Å²) in [6, 6.07) is 7.80. The molecule has 8 nitrogen and oxygen atoms in total. The number of carbonyl (C=O) groups is 1. The van der Waals surface area contributed by atoms with Gasteiger partial charge in [0.25, 0.3) is 11.2 Å². The Balaban J connectivity index is 2.30. The molecule has 0 aliphatic rings. The first-order valence-corrected chi connectivity index (χ1v) is 6.99. The number of nitrogens with one attached hydrogen (secondary N) is 1. The minimum Gasteiger partial charge on any atom is -0.319 e. The topological polar surface area (TPSA) is 118 Å². The molecule has 8 heteroatoms. The first-order chi connectivity index (χ1) is 11.3. The van der Waals surface area contributed by atoms with Crippen molar-refractivity contribution >= 4 is 17.3 Å². The van der Waals surface area contributed by atoms with Gasteiger partial charge in [0.2, 0.25) is 5.91 Å². The number of aromatic nitrogens is 1. The minimum atomic E-state index is -0.595. The van der Waals surface area contributed by atoms with Crippen LogP contribution in [-0.2, 0) is 11.3 Å². The molecule has 2 rings (SSSR count). The number of hydrogen-bond acceptors (Lipinski definition) is 5. The quantitative estimate of drug-likeness (QED) is 0.680. The molecule has 1 heterocycles. The van der Waals surface area contributed by atoms with Gasteiger partial charge in [-0.3, -0.25) is 19.7 Å². The molecule has 1 N–H and O–H groups in total. The number of nitro groups is 1. The van der Waals surface area contributed by atoms with E-state index in [1.165, 1.54) is 18.3 Å². The maximum absolute atomic E-state index is 12.2. The fraction of sp³-hybridized carbons (Fsp3) is 0.188. The molecule has 1 aromatic carbocycles. The second kappa shape index (κ2) is 6.75. The number of benzene rings is 1. The van der Waals surface area contributed by atoms with E-state index < -0.39 is 16.4 Å². The summed E-state index contributed by atoms with van der Waals surface area (Å²) in [6.45, 7) is 2.91. The molecule has 2 aromatic rings. The molecule has 0 saturated carbocycles. The van der Waals surface area contributed by atoms with E-state index in [4.69, 9.17) is 5.26 Å². The number of pyridine rings is 1. The highest BCUT2D eigenvalue weighted by atomic mass is 16.6. The largest absolute Gasteiger partial charge is 0.319 e. The second-order valence-electron chi connectivity index (χ2n) is 5.19. The molecule has 0 bridgehead atoms. The number of hydrogen-bond donors (Lipinski definition) is 1. The molecule has 0 radical (unpaired) electrons. The molecule has 24 heavy (non-hydrogen) atoms. The van der Waals surface area contributed by atoms with Crippen LogP contribution in [0.5, 0.6) is 0 Å². The van der Waals surface area contributed by atoms with Crippen LogP contribution in [0.25, 0.3) is 0 Å². The summed E-state index contributed by atoms with van der Waals surface area (Å²) in [7, 11) is 0. The number of carbonyl (C=O) groups excluding carboxylic acids is 1. The van der Waals surface area contributed by atoms with Gasteiger partial charge in [0, 0.05) is 12.3 Å². The molecule has 1 amide bonds. The highest BCUT2D eigenvalue weighted by molar-refractivity contribution is 5.93. The fourth-order valence-corrected chi connectivity index (χ4v) is 2.23. The number of nitro benzene ring substituents is 1. The van der Waals surface area contributed by atoms with Crippen LogP contribution in [0, 0.1) is 35.3 Å². The first kappa shape index (κ1) is 16.9. The average molecular weight is 326 g/mol. The van der Waals surface area contributed by atoms with Gasteiger partial charge in [-0.2, -0.15) is 5.26 Å². The highest BCUT2D eigenvalue weighted by Crippen LogP contribution is 2.27. The van der Waals surface area contributed by atoms with Gasteiger partial charge in [0.15, 0.2) is 0 Å². The Hall–Kier alpha value is -3.47. The van der Waals surface area contributed by atoms with E-state index in [-0.39, 0.29) is 23.5 Å². The predicted octanol–water partition coefficient (Wildman–Crippen LogP) is 1.88. The van der Waals surface area contributed by atoms with E-state index in [1.807, 2.05) is 0 Å². The van der Waals surface area contributed by atoms with E-state index in [0.717, 1.165) is 4.57 Å². The number of para-hydroxylation sites is 1. The molecule has 0 aliphatic carbocycles. The Kier molecular flexibility index (Phi) is 4.75. The van der Waals surface area contributed by atoms with Crippen molar-refractivity contribution in [2.75, 3.05) is 5.32 Å². The third kappa shape index (κ3) is 3.30. The molecule has 1 aromatic heterocycles. The molecule has 0 atom stereocenters. The van der Waals surface area contributed by atoms with Gasteiger partial charge in [-0.05, 0) is 31.0 Å². The number of nitriles is 1. The molecule has 0 spiro atoms. The summed E-state index contributed by atoms with van der Waals surface area (Å²) in [4.78, 5) is 34.7. The standard InChI is InChI=1S/C16H14N4O4/c1-10-6-7-19(16(22)12(10)8-17)9-14(21)18-15-11(2)4-3-5-13(15)20(23)24/h3-7H,9H2,1-2H3,(H,18,21). The number of amides is 1. The van der Waals surface area contributed by atoms with Crippen LogP contribution in [0.1, 0.15) is 16.7 Å². The first-order valence-electron chi connectivity index (χ1n) is 6.99. The van der Waals surface area contributed by atoms with E-state index in [1.54, 1.807) is 32.0 Å². The lowest BCUT2D eigenvalue weighted by Gasteiger charge is -2.10. The van der Waals surface area contributed by atoms with Gasteiger partial charge >= 0.3 is 0 Å². The molecule has 0 aliphatic heterocycles. The summed E-state index contributed by atoms with van der Waals surface area (Å²) in [6.07, 6.45) is 1.41. The molecular formula is C16H14N4O4.